The van der Waals surface area contributed by atoms with Crippen molar-refractivity contribution < 1.29 is 32.7 Å². The molecule has 0 fully saturated rings. The van der Waals surface area contributed by atoms with E-state index in [2.05, 4.69) is 73.5 Å². The Labute approximate surface area is 577 Å². The van der Waals surface area contributed by atoms with Crippen LogP contribution >= 0.6 is 0 Å². The zero-order valence-electron chi connectivity index (χ0n) is 38.8. The van der Waals surface area contributed by atoms with E-state index < -0.39 is 31.6 Å². The first kappa shape index (κ1) is 85.8. The topological polar surface area (TPSA) is 207 Å². The molecule has 3 N–H and O–H groups in total. The average molecular weight is 1860 g/mol. The Morgan fingerprint density at radius 1 is 0.430 bits per heavy atom. The van der Waals surface area contributed by atoms with Gasteiger partial charge in [-0.3, -0.25) is 24.2 Å². The summed E-state index contributed by atoms with van der Waals surface area (Å²) < 4.78 is 31.6. The third-order valence-corrected chi connectivity index (χ3v) is 83.6. The van der Waals surface area contributed by atoms with Crippen molar-refractivity contribution in [3.63, 3.8) is 0 Å². The third-order valence-electron chi connectivity index (χ3n) is 6.13. The Morgan fingerprint density at radius 3 is 0.962 bits per heavy atom. The first-order chi connectivity index (χ1) is 37.6. The van der Waals surface area contributed by atoms with Crippen molar-refractivity contribution in [2.45, 2.75) is 39.3 Å². The number of hydrogen-bond donors (Lipinski definition) is 3. The van der Waals surface area contributed by atoms with Gasteiger partial charge in [0.25, 0.3) is 10.8 Å². The third kappa shape index (κ3) is 55.3. The minimum atomic E-state index is -4.67. The molecule has 450 valence electrons. The molecule has 4 rings (SSSR count). The van der Waals surface area contributed by atoms with Gasteiger partial charge in [-0.15, -0.1) is 10.1 Å². The molecule has 79 heavy (non-hydrogen) atoms. The van der Waals surface area contributed by atoms with Gasteiger partial charge in [-0.1, -0.05) is 69.6 Å². The molecule has 0 radical (unpaired) electrons. The van der Waals surface area contributed by atoms with Crippen LogP contribution in [-0.4, -0.2) is 58.9 Å². The fourth-order valence-corrected chi connectivity index (χ4v) is 92.3. The fourth-order valence-electron chi connectivity index (χ4n) is 4.06. The van der Waals surface area contributed by atoms with E-state index in [1.807, 2.05) is 24.4 Å². The number of nitrogens with zero attached hydrogens (tertiary/aromatic N) is 4. The lowest BCUT2D eigenvalue weighted by molar-refractivity contribution is -0.742. The highest BCUT2D eigenvalue weighted by atomic mass is 33.5. The number of fused-ring (bicyclic) bond motifs is 2. The quantitative estimate of drug-likeness (QED) is 0.113. The van der Waals surface area contributed by atoms with E-state index in [1.165, 1.54) is 57.3 Å². The average Bonchev–Trinajstić information content (AvgIpc) is 3.38. The van der Waals surface area contributed by atoms with Crippen LogP contribution in [0.5, 0.6) is 0 Å². The number of nitro groups is 1. The van der Waals surface area contributed by atoms with Crippen molar-refractivity contribution in [1.82, 2.24) is 9.97 Å². The van der Waals surface area contributed by atoms with Gasteiger partial charge in [0.1, 0.15) is 5.52 Å². The smallest absolute Gasteiger partial charge is 0.328 e. The molecule has 55 heteroatoms. The second kappa shape index (κ2) is 57.9. The van der Waals surface area contributed by atoms with Gasteiger partial charge in [0.05, 0.1) is 26.6 Å². The van der Waals surface area contributed by atoms with Crippen LogP contribution in [0.15, 0.2) is 67.0 Å². The zero-order chi connectivity index (χ0) is 59.6. The van der Waals surface area contributed by atoms with Gasteiger partial charge >= 0.3 is 10.4 Å². The first-order valence-corrected chi connectivity index (χ1v) is 75.5. The summed E-state index contributed by atoms with van der Waals surface area (Å²) in [6, 6.07) is 17.7. The van der Waals surface area contributed by atoms with Gasteiger partial charge in [-0.05, 0) is 34.0 Å². The summed E-state index contributed by atoms with van der Waals surface area (Å²) in [5, 5.41) is 29.6. The van der Waals surface area contributed by atoms with Crippen molar-refractivity contribution in [1.29, 1.82) is 0 Å². The van der Waals surface area contributed by atoms with Crippen molar-refractivity contribution in [2.75, 3.05) is 0 Å². The largest absolute Gasteiger partial charge is 0.394 e. The molecule has 0 aliphatic heterocycles. The summed E-state index contributed by atoms with van der Waals surface area (Å²) in [6.45, 7) is 13.8. The normalized spacial score (nSPS) is 9.32. The Morgan fingerprint density at radius 2 is 0.684 bits per heavy atom. The van der Waals surface area contributed by atoms with Crippen LogP contribution in [0.3, 0.4) is 0 Å². The Kier molecular flexibility index (Phi) is 62.9. The predicted molar refractivity (Wildman–Crippen MR) is 446 cm³/mol. The maximum Gasteiger partial charge on any atom is 0.394 e. The summed E-state index contributed by atoms with van der Waals surface area (Å²) in [5.41, 5.74) is 1.70. The zero-order valence-corrected chi connectivity index (χ0v) is 73.4. The van der Waals surface area contributed by atoms with E-state index in [1.54, 1.807) is 288 Å². The van der Waals surface area contributed by atoms with Crippen LogP contribution < -0.4 is 10.4 Å². The highest BCUT2D eigenvalue weighted by Crippen LogP contribution is 2.23. The highest BCUT2D eigenvalue weighted by Gasteiger charge is 2.22. The number of aromatic nitrogens is 2. The molecule has 0 aliphatic carbocycles. The molecule has 2 heterocycles. The lowest BCUT2D eigenvalue weighted by atomic mass is 10.2. The first-order valence-electron chi connectivity index (χ1n) is 17.8. The molecule has 0 saturated carbocycles. The summed E-state index contributed by atoms with van der Waals surface area (Å²) in [5.74, 6) is 0. The molecule has 4 aromatic rings. The van der Waals surface area contributed by atoms with E-state index in [9.17, 15) is 10.1 Å². The highest BCUT2D eigenvalue weighted by molar-refractivity contribution is 8.79. The van der Waals surface area contributed by atoms with Gasteiger partial charge in [0, 0.05) is 379 Å². The SMILES string of the molecule is C[Si](C)(C)c1ccnc2c([N+](=O)[O-])cccc12.C[Si](C)(C)c1ccnc2ccccc12.O=S(=O)(O)O.O=[N+]([O-])O.S=S=S=S=S=S=S=S=S=S=S=S=S=S=S=S=S=S=S.S=S=S=S=S=S=S=S=S=S=S=S=S=S=S=S=S=S=S=S. The summed E-state index contributed by atoms with van der Waals surface area (Å²) in [6.07, 6.45) is 3.60. The van der Waals surface area contributed by atoms with Crippen molar-refractivity contribution >= 4 is 420 Å². The molecule has 2 aromatic carbocycles. The molecule has 0 aliphatic rings. The standard InChI is InChI=1S/C12H14N2O2Si.C12H15NSi.HNO3.H2O4S.S20.S19/c1-17(2,3)11-7-8-13-12-9(11)5-4-6-10(12)14(15)16;1-14(2,3)12-8-9-13-11-7-5-4-6-10(11)12;2-1(3)4;1-5(2,3)4;1-3-5-7-9-11-13-15-17-19-20-18-16-14-12-10-8-6-4-2;1-3-5-7-9-11-13-15-17-19-18-16-14-12-10-8-6-4-2/h4-8H,1-3H3;4-9H,1-3H3;(H,2,3,4);(H2,1,2,3,4);;. The van der Waals surface area contributed by atoms with Gasteiger partial charge in [-0.25, -0.2) is 4.98 Å². The minimum absolute atomic E-state index is 0.0857. The lowest BCUT2D eigenvalue weighted by Gasteiger charge is -2.18. The van der Waals surface area contributed by atoms with Crippen molar-refractivity contribution in [3.8, 4) is 0 Å². The second-order valence-corrected chi connectivity index (χ2v) is 85.6. The van der Waals surface area contributed by atoms with Crippen LogP contribution in [0.4, 0.5) is 5.69 Å². The van der Waals surface area contributed by atoms with E-state index in [0.29, 0.717) is 5.52 Å². The summed E-state index contributed by atoms with van der Waals surface area (Å²) in [7, 11) is 52.4. The number of para-hydroxylation sites is 2. The van der Waals surface area contributed by atoms with Gasteiger partial charge in [0.2, 0.25) is 0 Å². The van der Waals surface area contributed by atoms with Gasteiger partial charge in [0.15, 0.2) is 0 Å². The predicted octanol–water partition coefficient (Wildman–Crippen LogP) is 4.37. The monoisotopic (exact) mass is 1860 g/mol. The maximum atomic E-state index is 11.0. The molecule has 0 amide bonds. The van der Waals surface area contributed by atoms with E-state index >= 15 is 0 Å². The number of benzene rings is 2. The molecular formula is C24H32N4O9S40Si2. The maximum absolute atomic E-state index is 11.0. The number of nitro benzene ring substituents is 1. The number of pyridine rings is 2. The molecule has 0 bridgehead atoms. The van der Waals surface area contributed by atoms with Crippen LogP contribution in [0.1, 0.15) is 0 Å². The van der Waals surface area contributed by atoms with E-state index in [-0.39, 0.29) is 10.6 Å². The van der Waals surface area contributed by atoms with Crippen molar-refractivity contribution in [2.24, 2.45) is 0 Å². The second-order valence-electron chi connectivity index (χ2n) is 12.7. The Balaban J connectivity index is 0. The molecule has 0 spiro atoms. The molecule has 13 nitrogen and oxygen atoms in total. The van der Waals surface area contributed by atoms with Gasteiger partial charge < -0.3 is 5.21 Å². The molecule has 0 saturated heterocycles. The molecule has 2 aromatic heterocycles. The minimum Gasteiger partial charge on any atom is -0.328 e. The van der Waals surface area contributed by atoms with Crippen LogP contribution in [0.2, 0.25) is 39.3 Å². The Bertz CT molecular complexity index is 4410. The van der Waals surface area contributed by atoms with E-state index in [0.717, 1.165) is 10.9 Å². The Hall–Kier alpha value is 4.74. The number of hydrogen-bond acceptors (Lipinski definition) is 12. The van der Waals surface area contributed by atoms with E-state index in [4.69, 9.17) is 77.6 Å². The van der Waals surface area contributed by atoms with Crippen LogP contribution in [0, 0.1) is 20.2 Å². The fraction of sp³-hybridized carbons (Fsp3) is 0.250. The van der Waals surface area contributed by atoms with Crippen molar-refractivity contribution in [3.05, 3.63) is 87.2 Å². The summed E-state index contributed by atoms with van der Waals surface area (Å²) >= 11 is 19.0. The van der Waals surface area contributed by atoms with Crippen LogP contribution in [-0.2, 0) is 366 Å². The van der Waals surface area contributed by atoms with Gasteiger partial charge in [-0.2, -0.15) is 8.42 Å². The molecule has 0 unspecified atom stereocenters. The summed E-state index contributed by atoms with van der Waals surface area (Å²) in [4.78, 5) is 27.5. The lowest BCUT2D eigenvalue weighted by Crippen LogP contribution is -2.38. The molecule has 0 atom stereocenters. The van der Waals surface area contributed by atoms with Crippen LogP contribution in [0.25, 0.3) is 21.8 Å². The number of rotatable bonds is 3. The number of non-ortho nitro benzene ring substituents is 1. The molecular weight excluding hydrogens is 1830 g/mol.